The zero-order valence-corrected chi connectivity index (χ0v) is 18.3. The molecule has 1 unspecified atom stereocenters. The molecule has 2 aromatic heterocycles. The molecule has 1 saturated heterocycles. The lowest BCUT2D eigenvalue weighted by Gasteiger charge is -2.21. The van der Waals surface area contributed by atoms with Gasteiger partial charge in [0.25, 0.3) is 0 Å². The summed E-state index contributed by atoms with van der Waals surface area (Å²) in [5, 5.41) is 0. The summed E-state index contributed by atoms with van der Waals surface area (Å²) in [6.07, 6.45) is 8.82. The number of nitrogens with zero attached hydrogens (tertiary/aromatic N) is 4. The Morgan fingerprint density at radius 1 is 1.06 bits per heavy atom. The number of rotatable bonds is 5. The number of aromatic nitrogens is 3. The van der Waals surface area contributed by atoms with Gasteiger partial charge in [0.2, 0.25) is 5.91 Å². The van der Waals surface area contributed by atoms with Gasteiger partial charge < -0.3 is 4.90 Å². The molecule has 1 aliphatic carbocycles. The van der Waals surface area contributed by atoms with Crippen LogP contribution in [-0.2, 0) is 17.8 Å². The van der Waals surface area contributed by atoms with Gasteiger partial charge in [0, 0.05) is 25.8 Å². The number of carbonyl (C=O) groups is 1. The third-order valence-electron chi connectivity index (χ3n) is 7.04. The van der Waals surface area contributed by atoms with Gasteiger partial charge in [-0.15, -0.1) is 0 Å². The predicted octanol–water partition coefficient (Wildman–Crippen LogP) is 3.93. The van der Waals surface area contributed by atoms with Gasteiger partial charge in [-0.1, -0.05) is 31.4 Å². The first-order valence-corrected chi connectivity index (χ1v) is 11.7. The first-order chi connectivity index (χ1) is 15.6. The van der Waals surface area contributed by atoms with E-state index in [0.717, 1.165) is 24.0 Å². The molecule has 168 valence electrons. The third-order valence-corrected chi connectivity index (χ3v) is 7.04. The molecule has 7 heteroatoms. The Bertz CT molecular complexity index is 1160. The van der Waals surface area contributed by atoms with E-state index in [9.17, 15) is 14.0 Å². The lowest BCUT2D eigenvalue weighted by atomic mass is 9.89. The van der Waals surface area contributed by atoms with E-state index >= 15 is 0 Å². The second-order valence-corrected chi connectivity index (χ2v) is 9.20. The molecular formula is C25H29FN4O2. The number of benzene rings is 1. The van der Waals surface area contributed by atoms with E-state index in [0.29, 0.717) is 24.7 Å². The number of pyridine rings is 1. The Morgan fingerprint density at radius 2 is 1.84 bits per heavy atom. The van der Waals surface area contributed by atoms with Crippen molar-refractivity contribution in [3.05, 3.63) is 64.5 Å². The molecule has 32 heavy (non-hydrogen) atoms. The summed E-state index contributed by atoms with van der Waals surface area (Å²) < 4.78 is 16.9. The Kier molecular flexibility index (Phi) is 5.81. The summed E-state index contributed by atoms with van der Waals surface area (Å²) in [6.45, 7) is 1.85. The molecular weight excluding hydrogens is 407 g/mol. The summed E-state index contributed by atoms with van der Waals surface area (Å²) in [6, 6.07) is 9.84. The topological polar surface area (TPSA) is 60.1 Å². The van der Waals surface area contributed by atoms with Crippen LogP contribution in [0.3, 0.4) is 0 Å². The molecule has 1 aromatic carbocycles. The predicted molar refractivity (Wildman–Crippen MR) is 121 cm³/mol. The van der Waals surface area contributed by atoms with Crippen molar-refractivity contribution in [2.75, 3.05) is 13.1 Å². The fraction of sp³-hybridized carbons (Fsp3) is 0.480. The molecule has 1 aliphatic heterocycles. The van der Waals surface area contributed by atoms with E-state index in [1.54, 1.807) is 18.3 Å². The summed E-state index contributed by atoms with van der Waals surface area (Å²) in [5.74, 6) is 0.239. The van der Waals surface area contributed by atoms with Gasteiger partial charge in [-0.25, -0.2) is 14.2 Å². The van der Waals surface area contributed by atoms with E-state index in [1.807, 2.05) is 26.2 Å². The molecule has 0 radical (unpaired) electrons. The van der Waals surface area contributed by atoms with Gasteiger partial charge in [-0.3, -0.25) is 13.9 Å². The average molecular weight is 437 g/mol. The summed E-state index contributed by atoms with van der Waals surface area (Å²) in [4.78, 5) is 32.7. The quantitative estimate of drug-likeness (QED) is 0.609. The number of amides is 1. The highest BCUT2D eigenvalue weighted by molar-refractivity contribution is 5.79. The number of imidazole rings is 1. The minimum atomic E-state index is -0.307. The van der Waals surface area contributed by atoms with Crippen molar-refractivity contribution < 1.29 is 9.18 Å². The summed E-state index contributed by atoms with van der Waals surface area (Å²) in [5.41, 5.74) is 2.38. The van der Waals surface area contributed by atoms with Crippen molar-refractivity contribution in [1.29, 1.82) is 0 Å². The van der Waals surface area contributed by atoms with Crippen LogP contribution in [0.2, 0.25) is 0 Å². The van der Waals surface area contributed by atoms with Crippen LogP contribution < -0.4 is 5.69 Å². The van der Waals surface area contributed by atoms with Crippen molar-refractivity contribution in [2.45, 2.75) is 57.5 Å². The van der Waals surface area contributed by atoms with Crippen molar-refractivity contribution in [2.24, 2.45) is 5.92 Å². The molecule has 2 fully saturated rings. The maximum atomic E-state index is 13.5. The number of likely N-dealkylation sites (tertiary alicyclic amines) is 1. The Labute approximate surface area is 186 Å². The molecule has 0 bridgehead atoms. The van der Waals surface area contributed by atoms with Gasteiger partial charge in [0.1, 0.15) is 5.82 Å². The molecule has 0 spiro atoms. The zero-order valence-electron chi connectivity index (χ0n) is 18.3. The largest absolute Gasteiger partial charge is 0.340 e. The van der Waals surface area contributed by atoms with Gasteiger partial charge in [0.05, 0.1) is 18.0 Å². The highest BCUT2D eigenvalue weighted by Gasteiger charge is 2.31. The molecule has 1 amide bonds. The number of hydrogen-bond donors (Lipinski definition) is 0. The van der Waals surface area contributed by atoms with E-state index in [4.69, 9.17) is 0 Å². The van der Waals surface area contributed by atoms with Crippen molar-refractivity contribution in [3.8, 4) is 0 Å². The standard InChI is InChI=1S/C25H29FN4O2/c26-20-10-8-18(9-11-20)15-23(31)28-14-12-21(17-28)30-24-22(7-4-13-27-24)29(25(30)32)16-19-5-2-1-3-6-19/h4,7-11,13,19,21H,1-3,5-6,12,14-17H2. The third kappa shape index (κ3) is 4.08. The highest BCUT2D eigenvalue weighted by Crippen LogP contribution is 2.28. The van der Waals surface area contributed by atoms with E-state index < -0.39 is 0 Å². The molecule has 6 nitrogen and oxygen atoms in total. The van der Waals surface area contributed by atoms with Crippen molar-refractivity contribution in [1.82, 2.24) is 19.0 Å². The van der Waals surface area contributed by atoms with E-state index in [-0.39, 0.29) is 29.9 Å². The summed E-state index contributed by atoms with van der Waals surface area (Å²) >= 11 is 0. The molecule has 1 saturated carbocycles. The van der Waals surface area contributed by atoms with Crippen LogP contribution in [0.5, 0.6) is 0 Å². The minimum Gasteiger partial charge on any atom is -0.340 e. The SMILES string of the molecule is O=C(Cc1ccc(F)cc1)N1CCC(n2c(=O)n(CC3CCCCC3)c3cccnc32)C1. The monoisotopic (exact) mass is 436 g/mol. The normalized spacial score (nSPS) is 19.7. The molecule has 0 N–H and O–H groups in total. The molecule has 3 heterocycles. The fourth-order valence-electron chi connectivity index (χ4n) is 5.31. The Morgan fingerprint density at radius 3 is 2.62 bits per heavy atom. The zero-order chi connectivity index (χ0) is 22.1. The maximum Gasteiger partial charge on any atom is 0.330 e. The maximum absolute atomic E-state index is 13.5. The van der Waals surface area contributed by atoms with Crippen LogP contribution in [-0.4, -0.2) is 38.0 Å². The van der Waals surface area contributed by atoms with Crippen LogP contribution in [0.4, 0.5) is 4.39 Å². The second-order valence-electron chi connectivity index (χ2n) is 9.20. The van der Waals surface area contributed by atoms with Crippen LogP contribution in [0.15, 0.2) is 47.4 Å². The van der Waals surface area contributed by atoms with Gasteiger partial charge in [-0.05, 0) is 55.0 Å². The Hall–Kier alpha value is -2.96. The van der Waals surface area contributed by atoms with Crippen LogP contribution >= 0.6 is 0 Å². The summed E-state index contributed by atoms with van der Waals surface area (Å²) in [7, 11) is 0. The number of fused-ring (bicyclic) bond motifs is 1. The van der Waals surface area contributed by atoms with Crippen molar-refractivity contribution in [3.63, 3.8) is 0 Å². The van der Waals surface area contributed by atoms with E-state index in [2.05, 4.69) is 4.98 Å². The lowest BCUT2D eigenvalue weighted by Crippen LogP contribution is -2.33. The number of halogens is 1. The smallest absolute Gasteiger partial charge is 0.330 e. The lowest BCUT2D eigenvalue weighted by molar-refractivity contribution is -0.129. The molecule has 1 atom stereocenters. The van der Waals surface area contributed by atoms with Gasteiger partial charge in [0.15, 0.2) is 5.65 Å². The average Bonchev–Trinajstić information content (AvgIpc) is 3.39. The fourth-order valence-corrected chi connectivity index (χ4v) is 5.31. The molecule has 3 aromatic rings. The van der Waals surface area contributed by atoms with Gasteiger partial charge in [-0.2, -0.15) is 0 Å². The second kappa shape index (κ2) is 8.88. The van der Waals surface area contributed by atoms with Crippen molar-refractivity contribution >= 4 is 17.1 Å². The van der Waals surface area contributed by atoms with Crippen LogP contribution in [0.1, 0.15) is 50.1 Å². The minimum absolute atomic E-state index is 0.00561. The Balaban J connectivity index is 1.36. The molecule has 5 rings (SSSR count). The first-order valence-electron chi connectivity index (χ1n) is 11.7. The number of carbonyl (C=O) groups excluding carboxylic acids is 1. The van der Waals surface area contributed by atoms with E-state index in [1.165, 1.54) is 44.2 Å². The number of hydrogen-bond acceptors (Lipinski definition) is 3. The van der Waals surface area contributed by atoms with Gasteiger partial charge >= 0.3 is 5.69 Å². The first kappa shape index (κ1) is 20.9. The highest BCUT2D eigenvalue weighted by atomic mass is 19.1. The molecule has 2 aliphatic rings. The van der Waals surface area contributed by atoms with Crippen LogP contribution in [0, 0.1) is 11.7 Å². The van der Waals surface area contributed by atoms with Crippen LogP contribution in [0.25, 0.3) is 11.2 Å².